The fourth-order valence-corrected chi connectivity index (χ4v) is 1.17. The summed E-state index contributed by atoms with van der Waals surface area (Å²) in [6.07, 6.45) is 1.50. The lowest BCUT2D eigenvalue weighted by Crippen LogP contribution is -1.94. The third kappa shape index (κ3) is 4.01. The monoisotopic (exact) mass is 261 g/mol. The van der Waals surface area contributed by atoms with Gasteiger partial charge in [0.25, 0.3) is 0 Å². The number of hydrogen-bond donors (Lipinski definition) is 0. The number of nitrogens with zero attached hydrogens (tertiary/aromatic N) is 1. The maximum atomic E-state index is 8.71. The lowest BCUT2D eigenvalue weighted by Gasteiger charge is -2.03. The fourth-order valence-electron chi connectivity index (χ4n) is 0.881. The van der Waals surface area contributed by atoms with Gasteiger partial charge in [0.05, 0.1) is 10.6 Å². The van der Waals surface area contributed by atoms with Crippen LogP contribution in [-0.4, -0.2) is 6.61 Å². The van der Waals surface area contributed by atoms with Crippen molar-refractivity contribution in [1.82, 2.24) is 0 Å². The molecule has 0 fully saturated rings. The highest BCUT2D eigenvalue weighted by atomic mass is 35.5. The molecule has 0 radical (unpaired) electrons. The summed E-state index contributed by atoms with van der Waals surface area (Å²) in [5, 5.41) is 9.11. The maximum absolute atomic E-state index is 8.71. The normalized spacial score (nSPS) is 9.20. The molecule has 15 heavy (non-hydrogen) atoms. The van der Waals surface area contributed by atoms with Gasteiger partial charge in [-0.1, -0.05) is 34.8 Å². The summed E-state index contributed by atoms with van der Waals surface area (Å²) in [7, 11) is 0. The molecule has 0 atom stereocenters. The largest absolute Gasteiger partial charge is 0.489 e. The molecular formula is C10H6Cl3NO. The van der Waals surface area contributed by atoms with Crippen LogP contribution in [0.2, 0.25) is 5.02 Å². The van der Waals surface area contributed by atoms with Gasteiger partial charge >= 0.3 is 0 Å². The molecule has 0 saturated heterocycles. The highest BCUT2D eigenvalue weighted by Gasteiger charge is 2.01. The molecule has 2 nitrogen and oxygen atoms in total. The average molecular weight is 263 g/mol. The summed E-state index contributed by atoms with van der Waals surface area (Å²) >= 11 is 16.6. The Balaban J connectivity index is 2.72. The van der Waals surface area contributed by atoms with Crippen molar-refractivity contribution in [3.63, 3.8) is 0 Å². The van der Waals surface area contributed by atoms with Gasteiger partial charge in [-0.25, -0.2) is 0 Å². The Morgan fingerprint density at radius 1 is 1.47 bits per heavy atom. The molecule has 1 aromatic carbocycles. The van der Waals surface area contributed by atoms with Gasteiger partial charge < -0.3 is 4.74 Å². The van der Waals surface area contributed by atoms with E-state index in [9.17, 15) is 0 Å². The second kappa shape index (κ2) is 5.87. The molecule has 0 saturated carbocycles. The molecule has 1 rings (SSSR count). The van der Waals surface area contributed by atoms with E-state index in [1.807, 2.05) is 6.07 Å². The van der Waals surface area contributed by atoms with E-state index in [1.54, 1.807) is 18.2 Å². The fraction of sp³-hybridized carbons (Fsp3) is 0.100. The lowest BCUT2D eigenvalue weighted by molar-refractivity contribution is 0.363. The molecule has 0 N–H and O–H groups in total. The van der Waals surface area contributed by atoms with E-state index in [0.29, 0.717) is 16.3 Å². The van der Waals surface area contributed by atoms with Gasteiger partial charge in [-0.3, -0.25) is 0 Å². The van der Waals surface area contributed by atoms with Gasteiger partial charge in [0.2, 0.25) is 0 Å². The van der Waals surface area contributed by atoms with Crippen LogP contribution in [0, 0.1) is 11.3 Å². The third-order valence-electron chi connectivity index (χ3n) is 1.55. The van der Waals surface area contributed by atoms with Gasteiger partial charge in [-0.05, 0) is 24.3 Å². The lowest BCUT2D eigenvalue weighted by atomic mass is 10.2. The minimum absolute atomic E-state index is 0.143. The highest BCUT2D eigenvalue weighted by Crippen LogP contribution is 2.21. The van der Waals surface area contributed by atoms with Crippen LogP contribution in [0.5, 0.6) is 5.75 Å². The predicted molar refractivity (Wildman–Crippen MR) is 61.5 cm³/mol. The van der Waals surface area contributed by atoms with Crippen LogP contribution in [0.4, 0.5) is 0 Å². The second-order valence-corrected chi connectivity index (χ2v) is 3.97. The number of ether oxygens (including phenoxy) is 1. The van der Waals surface area contributed by atoms with Crippen LogP contribution in [-0.2, 0) is 0 Å². The molecule has 0 spiro atoms. The van der Waals surface area contributed by atoms with E-state index in [0.717, 1.165) is 0 Å². The van der Waals surface area contributed by atoms with Crippen molar-refractivity contribution in [2.75, 3.05) is 6.61 Å². The quantitative estimate of drug-likeness (QED) is 0.827. The van der Waals surface area contributed by atoms with Crippen molar-refractivity contribution in [3.8, 4) is 11.8 Å². The number of hydrogen-bond acceptors (Lipinski definition) is 2. The van der Waals surface area contributed by atoms with Crippen LogP contribution in [0.3, 0.4) is 0 Å². The summed E-state index contributed by atoms with van der Waals surface area (Å²) in [6, 6.07) is 6.77. The van der Waals surface area contributed by atoms with E-state index >= 15 is 0 Å². The molecule has 0 aliphatic rings. The topological polar surface area (TPSA) is 33.0 Å². The zero-order valence-corrected chi connectivity index (χ0v) is 9.77. The number of nitriles is 1. The van der Waals surface area contributed by atoms with E-state index in [2.05, 4.69) is 0 Å². The third-order valence-corrected chi connectivity index (χ3v) is 2.18. The molecule has 0 amide bonds. The Morgan fingerprint density at radius 3 is 2.80 bits per heavy atom. The zero-order chi connectivity index (χ0) is 11.3. The number of halogens is 3. The van der Waals surface area contributed by atoms with E-state index in [1.165, 1.54) is 6.08 Å². The number of benzene rings is 1. The van der Waals surface area contributed by atoms with Crippen molar-refractivity contribution in [2.24, 2.45) is 0 Å². The Labute approximate surface area is 103 Å². The first-order chi connectivity index (χ1) is 7.13. The minimum atomic E-state index is 0.143. The van der Waals surface area contributed by atoms with Crippen LogP contribution in [0.25, 0.3) is 0 Å². The zero-order valence-electron chi connectivity index (χ0n) is 7.51. The minimum Gasteiger partial charge on any atom is -0.489 e. The van der Waals surface area contributed by atoms with E-state index < -0.39 is 0 Å². The first-order valence-corrected chi connectivity index (χ1v) is 5.10. The molecule has 0 heterocycles. The first kappa shape index (κ1) is 12.2. The van der Waals surface area contributed by atoms with Crippen LogP contribution >= 0.6 is 34.8 Å². The number of rotatable bonds is 3. The van der Waals surface area contributed by atoms with Crippen LogP contribution in [0.15, 0.2) is 28.8 Å². The molecule has 0 aliphatic carbocycles. The molecule has 0 unspecified atom stereocenters. The predicted octanol–water partition coefficient (Wildman–Crippen LogP) is 3.91. The standard InChI is InChI=1S/C10H6Cl3NO/c11-9-2-1-8(5-7(9)6-14)15-4-3-10(12)13/h1-3,5H,4H2. The highest BCUT2D eigenvalue weighted by molar-refractivity contribution is 6.55. The van der Waals surface area contributed by atoms with Crippen molar-refractivity contribution in [1.29, 1.82) is 5.26 Å². The summed E-state index contributed by atoms with van der Waals surface area (Å²) in [6.45, 7) is 0.245. The Morgan fingerprint density at radius 2 is 2.20 bits per heavy atom. The average Bonchev–Trinajstić information content (AvgIpc) is 2.20. The summed E-state index contributed by atoms with van der Waals surface area (Å²) < 4.78 is 5.40. The molecule has 0 bridgehead atoms. The smallest absolute Gasteiger partial charge is 0.121 e. The van der Waals surface area contributed by atoms with Crippen molar-refractivity contribution >= 4 is 34.8 Å². The van der Waals surface area contributed by atoms with Crippen LogP contribution in [0.1, 0.15) is 5.56 Å². The van der Waals surface area contributed by atoms with Crippen molar-refractivity contribution < 1.29 is 4.74 Å². The maximum Gasteiger partial charge on any atom is 0.121 e. The van der Waals surface area contributed by atoms with Gasteiger partial charge in [0.1, 0.15) is 22.9 Å². The molecule has 0 aliphatic heterocycles. The summed E-state index contributed by atoms with van der Waals surface area (Å²) in [5.41, 5.74) is 0.370. The Bertz CT molecular complexity index is 419. The first-order valence-electron chi connectivity index (χ1n) is 3.97. The molecule has 1 aromatic rings. The summed E-state index contributed by atoms with van der Waals surface area (Å²) in [5.74, 6) is 0.543. The van der Waals surface area contributed by atoms with Crippen LogP contribution < -0.4 is 4.74 Å². The molecular weight excluding hydrogens is 256 g/mol. The van der Waals surface area contributed by atoms with Gasteiger partial charge in [0.15, 0.2) is 0 Å². The second-order valence-electron chi connectivity index (χ2n) is 2.56. The Kier molecular flexibility index (Phi) is 4.77. The summed E-state index contributed by atoms with van der Waals surface area (Å²) in [4.78, 5) is 0. The van der Waals surface area contributed by atoms with Crippen molar-refractivity contribution in [2.45, 2.75) is 0 Å². The van der Waals surface area contributed by atoms with Gasteiger partial charge in [0, 0.05) is 0 Å². The SMILES string of the molecule is N#Cc1cc(OCC=C(Cl)Cl)ccc1Cl. The molecule has 0 aromatic heterocycles. The van der Waals surface area contributed by atoms with Crippen molar-refractivity contribution in [3.05, 3.63) is 39.4 Å². The van der Waals surface area contributed by atoms with Gasteiger partial charge in [-0.15, -0.1) is 0 Å². The van der Waals surface area contributed by atoms with E-state index in [-0.39, 0.29) is 11.1 Å². The molecule has 78 valence electrons. The van der Waals surface area contributed by atoms with Gasteiger partial charge in [-0.2, -0.15) is 5.26 Å². The molecule has 5 heteroatoms. The Hall–Kier alpha value is -0.880. The van der Waals surface area contributed by atoms with E-state index in [4.69, 9.17) is 44.8 Å².